The highest BCUT2D eigenvalue weighted by Crippen LogP contribution is 2.32. The molecule has 0 saturated carbocycles. The number of halogens is 3. The Labute approximate surface area is 172 Å². The van der Waals surface area contributed by atoms with Gasteiger partial charge in [0.15, 0.2) is 0 Å². The van der Waals surface area contributed by atoms with Crippen molar-refractivity contribution in [3.8, 4) is 11.5 Å². The molecule has 0 bridgehead atoms. The monoisotopic (exact) mass is 526 g/mol. The van der Waals surface area contributed by atoms with Crippen LogP contribution >= 0.6 is 47.8 Å². The van der Waals surface area contributed by atoms with E-state index in [1.807, 2.05) is 0 Å². The van der Waals surface area contributed by atoms with Gasteiger partial charge in [-0.3, -0.25) is 0 Å². The van der Waals surface area contributed by atoms with Gasteiger partial charge in [0, 0.05) is 27.1 Å². The van der Waals surface area contributed by atoms with Crippen LogP contribution in [0.5, 0.6) is 11.5 Å². The van der Waals surface area contributed by atoms with Gasteiger partial charge in [0.1, 0.15) is 11.5 Å². The van der Waals surface area contributed by atoms with Crippen molar-refractivity contribution in [3.63, 3.8) is 0 Å². The lowest BCUT2D eigenvalue weighted by atomic mass is 10.1. The van der Waals surface area contributed by atoms with Gasteiger partial charge in [-0.2, -0.15) is 0 Å². The second kappa shape index (κ2) is 14.4. The maximum absolute atomic E-state index is 6.02. The fourth-order valence-electron chi connectivity index (χ4n) is 2.62. The van der Waals surface area contributed by atoms with Gasteiger partial charge in [-0.1, -0.05) is 86.3 Å². The van der Waals surface area contributed by atoms with E-state index in [-0.39, 0.29) is 0 Å². The number of alkyl halides is 3. The third-order valence-corrected chi connectivity index (χ3v) is 5.81. The number of hydrogen-bond acceptors (Lipinski definition) is 2. The summed E-state index contributed by atoms with van der Waals surface area (Å²) in [6, 6.07) is 4.15. The van der Waals surface area contributed by atoms with Crippen molar-refractivity contribution in [2.45, 2.75) is 62.0 Å². The first-order valence-electron chi connectivity index (χ1n) is 8.77. The third kappa shape index (κ3) is 8.57. The minimum atomic E-state index is 0.768. The highest BCUT2D eigenvalue weighted by molar-refractivity contribution is 9.09. The quantitative estimate of drug-likeness (QED) is 0.185. The van der Waals surface area contributed by atoms with Crippen LogP contribution in [0.3, 0.4) is 0 Å². The van der Waals surface area contributed by atoms with Gasteiger partial charge in [-0.15, -0.1) is 0 Å². The highest BCUT2D eigenvalue weighted by Gasteiger charge is 2.10. The SMILES string of the molecule is COc1cc(CBr)c(OCCCCCCCCCCBr)cc1CBr. The van der Waals surface area contributed by atoms with Crippen LogP contribution in [0, 0.1) is 0 Å². The normalized spacial score (nSPS) is 10.8. The zero-order valence-electron chi connectivity index (χ0n) is 14.6. The molecule has 0 spiro atoms. The lowest BCUT2D eigenvalue weighted by Crippen LogP contribution is -2.02. The summed E-state index contributed by atoms with van der Waals surface area (Å²) in [7, 11) is 1.71. The van der Waals surface area contributed by atoms with E-state index in [0.717, 1.165) is 51.6 Å². The van der Waals surface area contributed by atoms with Gasteiger partial charge in [-0.25, -0.2) is 0 Å². The molecular formula is C19H29Br3O2. The van der Waals surface area contributed by atoms with Crippen LogP contribution < -0.4 is 9.47 Å². The number of rotatable bonds is 14. The lowest BCUT2D eigenvalue weighted by Gasteiger charge is -2.14. The van der Waals surface area contributed by atoms with Crippen molar-refractivity contribution < 1.29 is 9.47 Å². The lowest BCUT2D eigenvalue weighted by molar-refractivity contribution is 0.301. The average molecular weight is 529 g/mol. The Morgan fingerprint density at radius 2 is 1.21 bits per heavy atom. The molecule has 1 aromatic rings. The Morgan fingerprint density at radius 3 is 1.75 bits per heavy atom. The Hall–Kier alpha value is 0.260. The van der Waals surface area contributed by atoms with Gasteiger partial charge in [0.2, 0.25) is 0 Å². The first-order chi connectivity index (χ1) is 11.8. The minimum Gasteiger partial charge on any atom is -0.496 e. The van der Waals surface area contributed by atoms with Gasteiger partial charge < -0.3 is 9.47 Å². The molecule has 0 aliphatic rings. The first-order valence-corrected chi connectivity index (χ1v) is 12.1. The summed E-state index contributed by atoms with van der Waals surface area (Å²) in [5.74, 6) is 1.88. The van der Waals surface area contributed by atoms with E-state index in [2.05, 4.69) is 59.9 Å². The molecule has 1 aromatic carbocycles. The molecule has 0 aliphatic carbocycles. The molecule has 0 radical (unpaired) electrons. The number of unbranched alkanes of at least 4 members (excludes halogenated alkanes) is 7. The van der Waals surface area contributed by atoms with E-state index in [1.54, 1.807) is 7.11 Å². The molecule has 0 aliphatic heterocycles. The molecule has 0 heterocycles. The van der Waals surface area contributed by atoms with Crippen molar-refractivity contribution in [2.75, 3.05) is 19.0 Å². The molecule has 0 saturated heterocycles. The van der Waals surface area contributed by atoms with Crippen LogP contribution in [-0.4, -0.2) is 19.0 Å². The number of methoxy groups -OCH3 is 1. The topological polar surface area (TPSA) is 18.5 Å². The summed E-state index contributed by atoms with van der Waals surface area (Å²) >= 11 is 10.5. The first kappa shape index (κ1) is 22.3. The van der Waals surface area contributed by atoms with E-state index >= 15 is 0 Å². The highest BCUT2D eigenvalue weighted by atomic mass is 79.9. The van der Waals surface area contributed by atoms with Crippen LogP contribution in [0.4, 0.5) is 0 Å². The van der Waals surface area contributed by atoms with Crippen molar-refractivity contribution in [2.24, 2.45) is 0 Å². The molecule has 0 N–H and O–H groups in total. The van der Waals surface area contributed by atoms with Crippen LogP contribution in [0.15, 0.2) is 12.1 Å². The van der Waals surface area contributed by atoms with Crippen LogP contribution in [0.25, 0.3) is 0 Å². The summed E-state index contributed by atoms with van der Waals surface area (Å²) < 4.78 is 11.4. The Morgan fingerprint density at radius 1 is 0.708 bits per heavy atom. The Balaban J connectivity index is 2.27. The largest absolute Gasteiger partial charge is 0.496 e. The second-order valence-corrected chi connectivity index (χ2v) is 7.82. The summed E-state index contributed by atoms with van der Waals surface area (Å²) in [4.78, 5) is 0. The van der Waals surface area contributed by atoms with Crippen molar-refractivity contribution >= 4 is 47.8 Å². The van der Waals surface area contributed by atoms with Crippen LogP contribution in [0.1, 0.15) is 62.5 Å². The molecule has 24 heavy (non-hydrogen) atoms. The van der Waals surface area contributed by atoms with Gasteiger partial charge in [0.05, 0.1) is 13.7 Å². The predicted molar refractivity (Wildman–Crippen MR) is 114 cm³/mol. The third-order valence-electron chi connectivity index (χ3n) is 4.04. The number of hydrogen-bond donors (Lipinski definition) is 0. The fraction of sp³-hybridized carbons (Fsp3) is 0.684. The predicted octanol–water partition coefficient (Wildman–Crippen LogP) is 7.38. The molecule has 1 rings (SSSR count). The molecule has 2 nitrogen and oxygen atoms in total. The summed E-state index contributed by atoms with van der Waals surface area (Å²) in [6.07, 6.45) is 10.5. The van der Waals surface area contributed by atoms with Gasteiger partial charge >= 0.3 is 0 Å². The molecule has 0 aromatic heterocycles. The standard InChI is InChI=1S/C19H29Br3O2/c1-23-18-12-17(15-22)19(13-16(18)14-21)24-11-9-7-5-3-2-4-6-8-10-20/h12-13H,2-11,14-15H2,1H3. The molecule has 5 heteroatoms. The minimum absolute atomic E-state index is 0.768. The number of benzene rings is 1. The molecule has 0 atom stereocenters. The van der Waals surface area contributed by atoms with Crippen LogP contribution in [0.2, 0.25) is 0 Å². The maximum atomic E-state index is 6.02. The zero-order chi connectivity index (χ0) is 17.6. The smallest absolute Gasteiger partial charge is 0.123 e. The summed E-state index contributed by atoms with van der Waals surface area (Å²) in [5, 5.41) is 2.68. The second-order valence-electron chi connectivity index (χ2n) is 5.90. The fourth-order valence-corrected chi connectivity index (χ4v) is 3.89. The van der Waals surface area contributed by atoms with Gasteiger partial charge in [-0.05, 0) is 25.0 Å². The molecular weight excluding hydrogens is 500 g/mol. The number of ether oxygens (including phenoxy) is 2. The summed E-state index contributed by atoms with van der Waals surface area (Å²) in [5.41, 5.74) is 2.27. The average Bonchev–Trinajstić information content (AvgIpc) is 2.62. The zero-order valence-corrected chi connectivity index (χ0v) is 19.3. The maximum Gasteiger partial charge on any atom is 0.123 e. The van der Waals surface area contributed by atoms with E-state index < -0.39 is 0 Å². The van der Waals surface area contributed by atoms with Gasteiger partial charge in [0.25, 0.3) is 0 Å². The Kier molecular flexibility index (Phi) is 13.4. The Bertz CT molecular complexity index is 452. The van der Waals surface area contributed by atoms with E-state index in [1.165, 1.54) is 44.9 Å². The van der Waals surface area contributed by atoms with E-state index in [4.69, 9.17) is 9.47 Å². The van der Waals surface area contributed by atoms with Crippen molar-refractivity contribution in [1.82, 2.24) is 0 Å². The van der Waals surface area contributed by atoms with Crippen molar-refractivity contribution in [1.29, 1.82) is 0 Å². The molecule has 0 fully saturated rings. The van der Waals surface area contributed by atoms with E-state index in [9.17, 15) is 0 Å². The van der Waals surface area contributed by atoms with Crippen LogP contribution in [-0.2, 0) is 10.7 Å². The van der Waals surface area contributed by atoms with E-state index in [0.29, 0.717) is 0 Å². The van der Waals surface area contributed by atoms with Crippen molar-refractivity contribution in [3.05, 3.63) is 23.3 Å². The summed E-state index contributed by atoms with van der Waals surface area (Å²) in [6.45, 7) is 0.789. The molecule has 0 unspecified atom stereocenters. The molecule has 138 valence electrons. The molecule has 0 amide bonds.